The van der Waals surface area contributed by atoms with Gasteiger partial charge in [0.1, 0.15) is 5.78 Å². The lowest BCUT2D eigenvalue weighted by molar-refractivity contribution is -0.134. The first-order chi connectivity index (χ1) is 12.6. The summed E-state index contributed by atoms with van der Waals surface area (Å²) in [6.45, 7) is 6.15. The van der Waals surface area contributed by atoms with Gasteiger partial charge in [0, 0.05) is 12.5 Å². The van der Waals surface area contributed by atoms with Gasteiger partial charge in [0.2, 0.25) is 5.91 Å². The lowest BCUT2D eigenvalue weighted by Gasteiger charge is -2.06. The molecule has 0 unspecified atom stereocenters. The van der Waals surface area contributed by atoms with Gasteiger partial charge in [-0.2, -0.15) is 0 Å². The van der Waals surface area contributed by atoms with Crippen molar-refractivity contribution in [1.29, 1.82) is 0 Å². The molecule has 0 aromatic heterocycles. The number of nitrogens with zero attached hydrogens (tertiary/aromatic N) is 1. The number of benzene rings is 1. The number of guanidine groups is 1. The van der Waals surface area contributed by atoms with Crippen molar-refractivity contribution in [3.8, 4) is 0 Å². The molecule has 0 atom stereocenters. The van der Waals surface area contributed by atoms with Gasteiger partial charge in [-0.1, -0.05) is 19.9 Å². The van der Waals surface area contributed by atoms with Gasteiger partial charge in [-0.15, -0.1) is 0 Å². The Morgan fingerprint density at radius 1 is 1.04 bits per heavy atom. The Balaban J connectivity index is 0. The zero-order valence-corrected chi connectivity index (χ0v) is 15.9. The number of aliphatic imine (C=N–C) groups is 1. The molecule has 0 aliphatic heterocycles. The third-order valence-electron chi connectivity index (χ3n) is 2.31. The van der Waals surface area contributed by atoms with Gasteiger partial charge in [0.25, 0.3) is 11.9 Å². The van der Waals surface area contributed by atoms with Crippen LogP contribution in [0.15, 0.2) is 29.3 Å². The molecule has 0 saturated carbocycles. The molecule has 150 valence electrons. The molecule has 10 heteroatoms. The molecule has 1 aromatic rings. The molecular weight excluding hydrogens is 354 g/mol. The maximum atomic E-state index is 11.9. The van der Waals surface area contributed by atoms with Crippen molar-refractivity contribution in [3.63, 3.8) is 0 Å². The molecule has 27 heavy (non-hydrogen) atoms. The van der Waals surface area contributed by atoms with Crippen molar-refractivity contribution in [2.45, 2.75) is 27.7 Å². The molecule has 0 saturated heterocycles. The average molecular weight is 381 g/mol. The second-order valence-corrected chi connectivity index (χ2v) is 4.77. The quantitative estimate of drug-likeness (QED) is 0.344. The Kier molecular flexibility index (Phi) is 14.2. The van der Waals surface area contributed by atoms with E-state index in [-0.39, 0.29) is 24.8 Å². The number of Topliss-reactive ketones (excluding diaryl/α,β-unsaturated/α-hetero) is 1. The number of carboxylic acids is 1. The van der Waals surface area contributed by atoms with Gasteiger partial charge in [0.05, 0.1) is 18.8 Å². The van der Waals surface area contributed by atoms with Gasteiger partial charge in [-0.05, 0) is 25.1 Å². The van der Waals surface area contributed by atoms with Gasteiger partial charge in [0.15, 0.2) is 5.96 Å². The fourth-order valence-corrected chi connectivity index (χ4v) is 1.41. The maximum absolute atomic E-state index is 11.9. The minimum absolute atomic E-state index is 0.0608. The highest BCUT2D eigenvalue weighted by molar-refractivity contribution is 5.97. The Hall–Kier alpha value is -3.43. The van der Waals surface area contributed by atoms with Gasteiger partial charge in [-0.25, -0.2) is 4.99 Å². The highest BCUT2D eigenvalue weighted by atomic mass is 16.4. The lowest BCUT2D eigenvalue weighted by Crippen LogP contribution is -2.38. The second-order valence-electron chi connectivity index (χ2n) is 4.77. The number of nitrogens with two attached hydrogens (primary N) is 2. The summed E-state index contributed by atoms with van der Waals surface area (Å²) in [7, 11) is 0. The molecule has 0 radical (unpaired) electrons. The topological polar surface area (TPSA) is 177 Å². The van der Waals surface area contributed by atoms with Crippen LogP contribution in [-0.4, -0.2) is 47.7 Å². The molecule has 0 bridgehead atoms. The van der Waals surface area contributed by atoms with Crippen molar-refractivity contribution in [1.82, 2.24) is 10.6 Å². The first kappa shape index (κ1) is 25.8. The number of amides is 2. The molecule has 0 spiro atoms. The summed E-state index contributed by atoms with van der Waals surface area (Å²) in [6.07, 6.45) is 0. The third-order valence-corrected chi connectivity index (χ3v) is 2.31. The zero-order chi connectivity index (χ0) is 21.4. The fourth-order valence-electron chi connectivity index (χ4n) is 1.41. The monoisotopic (exact) mass is 381 g/mol. The van der Waals surface area contributed by atoms with Crippen LogP contribution in [0.3, 0.4) is 0 Å². The number of carbonyl (C=O) groups is 4. The average Bonchev–Trinajstić information content (AvgIpc) is 2.58. The van der Waals surface area contributed by atoms with E-state index in [4.69, 9.17) is 21.4 Å². The minimum atomic E-state index is -0.833. The van der Waals surface area contributed by atoms with Crippen LogP contribution in [0.2, 0.25) is 0 Å². The zero-order valence-electron chi connectivity index (χ0n) is 15.9. The number of hydrogen-bond donors (Lipinski definition) is 5. The summed E-state index contributed by atoms with van der Waals surface area (Å²) in [4.78, 5) is 46.7. The first-order valence-electron chi connectivity index (χ1n) is 8.05. The fraction of sp³-hybridized carbons (Fsp3) is 0.353. The molecule has 0 fully saturated rings. The smallest absolute Gasteiger partial charge is 0.300 e. The van der Waals surface area contributed by atoms with E-state index in [1.165, 1.54) is 13.0 Å². The SMILES string of the molecule is CC.CC(=O)CNC(=O)CNC(=O)c1cccc(N=C(N)N)c1.CC(=O)O. The number of rotatable bonds is 6. The molecule has 10 nitrogen and oxygen atoms in total. The summed E-state index contributed by atoms with van der Waals surface area (Å²) in [5, 5.41) is 12.2. The van der Waals surface area contributed by atoms with Crippen LogP contribution >= 0.6 is 0 Å². The third kappa shape index (κ3) is 15.8. The van der Waals surface area contributed by atoms with Crippen LogP contribution in [0.5, 0.6) is 0 Å². The second kappa shape index (κ2) is 14.9. The van der Waals surface area contributed by atoms with Crippen LogP contribution in [0, 0.1) is 0 Å². The van der Waals surface area contributed by atoms with Crippen molar-refractivity contribution in [3.05, 3.63) is 29.8 Å². The first-order valence-corrected chi connectivity index (χ1v) is 8.05. The van der Waals surface area contributed by atoms with Crippen LogP contribution < -0.4 is 22.1 Å². The van der Waals surface area contributed by atoms with E-state index in [0.717, 1.165) is 6.92 Å². The Bertz CT molecular complexity index is 665. The molecule has 1 aromatic carbocycles. The predicted molar refractivity (Wildman–Crippen MR) is 103 cm³/mol. The normalized spacial score (nSPS) is 8.59. The van der Waals surface area contributed by atoms with E-state index in [1.54, 1.807) is 18.2 Å². The van der Waals surface area contributed by atoms with E-state index < -0.39 is 17.8 Å². The summed E-state index contributed by atoms with van der Waals surface area (Å²) in [6, 6.07) is 6.31. The van der Waals surface area contributed by atoms with Crippen LogP contribution in [0.1, 0.15) is 38.1 Å². The largest absolute Gasteiger partial charge is 0.481 e. The van der Waals surface area contributed by atoms with Gasteiger partial charge >= 0.3 is 0 Å². The predicted octanol–water partition coefficient (Wildman–Crippen LogP) is 0.144. The van der Waals surface area contributed by atoms with E-state index in [2.05, 4.69) is 15.6 Å². The summed E-state index contributed by atoms with van der Waals surface area (Å²) >= 11 is 0. The van der Waals surface area contributed by atoms with Gasteiger partial charge < -0.3 is 27.2 Å². The number of ketones is 1. The number of aliphatic carboxylic acids is 1. The van der Waals surface area contributed by atoms with Crippen molar-refractivity contribution in [2.75, 3.05) is 13.1 Å². The summed E-state index contributed by atoms with van der Waals surface area (Å²) in [5.74, 6) is -2.00. The summed E-state index contributed by atoms with van der Waals surface area (Å²) in [5.41, 5.74) is 11.3. The van der Waals surface area contributed by atoms with E-state index in [9.17, 15) is 14.4 Å². The Labute approximate surface area is 158 Å². The molecule has 0 aliphatic rings. The molecule has 2 amide bonds. The molecule has 0 aliphatic carbocycles. The maximum Gasteiger partial charge on any atom is 0.300 e. The number of nitrogens with one attached hydrogen (secondary N) is 2. The van der Waals surface area contributed by atoms with Gasteiger partial charge in [-0.3, -0.25) is 19.2 Å². The number of carboxylic acid groups (broad SMARTS) is 1. The van der Waals surface area contributed by atoms with E-state index >= 15 is 0 Å². The highest BCUT2D eigenvalue weighted by Gasteiger charge is 2.08. The molecule has 1 rings (SSSR count). The minimum Gasteiger partial charge on any atom is -0.481 e. The number of carbonyl (C=O) groups excluding carboxylic acids is 3. The summed E-state index contributed by atoms with van der Waals surface area (Å²) < 4.78 is 0. The van der Waals surface area contributed by atoms with Crippen LogP contribution in [0.4, 0.5) is 5.69 Å². The highest BCUT2D eigenvalue weighted by Crippen LogP contribution is 2.13. The molecule has 7 N–H and O–H groups in total. The lowest BCUT2D eigenvalue weighted by atomic mass is 10.2. The van der Waals surface area contributed by atoms with Crippen molar-refractivity contribution >= 4 is 35.2 Å². The molecule has 0 heterocycles. The Morgan fingerprint density at radius 3 is 2.07 bits per heavy atom. The number of hydrogen-bond acceptors (Lipinski definition) is 5. The van der Waals surface area contributed by atoms with E-state index in [0.29, 0.717) is 11.3 Å². The van der Waals surface area contributed by atoms with E-state index in [1.807, 2.05) is 13.8 Å². The Morgan fingerprint density at radius 2 is 1.59 bits per heavy atom. The van der Waals surface area contributed by atoms with Crippen molar-refractivity contribution in [2.24, 2.45) is 16.5 Å². The van der Waals surface area contributed by atoms with Crippen LogP contribution in [0.25, 0.3) is 0 Å². The molecular formula is C17H27N5O5. The van der Waals surface area contributed by atoms with Crippen LogP contribution in [-0.2, 0) is 14.4 Å². The van der Waals surface area contributed by atoms with Crippen molar-refractivity contribution < 1.29 is 24.3 Å². The standard InChI is InChI=1S/C13H17N5O3.C2H4O2.C2H6/c1-8(19)6-16-11(20)7-17-12(21)9-3-2-4-10(5-9)18-13(14)15;1-2(3)4;1-2/h2-5H,6-7H2,1H3,(H,16,20)(H,17,21)(H4,14,15,18);1H3,(H,3,4);1-2H3.